The molecule has 0 radical (unpaired) electrons. The van der Waals surface area contributed by atoms with E-state index in [1.54, 1.807) is 23.6 Å². The molecule has 1 aliphatic rings. The van der Waals surface area contributed by atoms with Gasteiger partial charge in [0, 0.05) is 28.9 Å². The lowest BCUT2D eigenvalue weighted by molar-refractivity contribution is -0.138. The highest BCUT2D eigenvalue weighted by Gasteiger charge is 2.37. The van der Waals surface area contributed by atoms with Crippen molar-refractivity contribution < 1.29 is 22.7 Å². The number of hydrogen-bond donors (Lipinski definition) is 1. The summed E-state index contributed by atoms with van der Waals surface area (Å²) in [4.78, 5) is 19.2. The molecule has 4 rings (SSSR count). The molecule has 0 spiro atoms. The highest BCUT2D eigenvalue weighted by atomic mass is 32.1. The summed E-state index contributed by atoms with van der Waals surface area (Å²) in [5.74, 6) is 0.0812. The van der Waals surface area contributed by atoms with Gasteiger partial charge in [-0.05, 0) is 47.7 Å². The number of carbonyl (C=O) groups is 1. The molecule has 0 saturated carbocycles. The van der Waals surface area contributed by atoms with E-state index in [1.807, 2.05) is 23.6 Å². The molecular formula is C20H16F3N3O2S. The number of nitrogens with one attached hydrogen (secondary N) is 1. The van der Waals surface area contributed by atoms with Crippen LogP contribution in [-0.2, 0) is 12.6 Å². The van der Waals surface area contributed by atoms with E-state index in [2.05, 4.69) is 10.3 Å². The van der Waals surface area contributed by atoms with Gasteiger partial charge in [0.2, 0.25) is 0 Å². The fourth-order valence-electron chi connectivity index (χ4n) is 3.25. The maximum Gasteiger partial charge on any atom is 0.420 e. The van der Waals surface area contributed by atoms with Crippen LogP contribution in [0.2, 0.25) is 0 Å². The number of methoxy groups -OCH3 is 1. The van der Waals surface area contributed by atoms with Crippen molar-refractivity contribution in [1.29, 1.82) is 0 Å². The van der Waals surface area contributed by atoms with Crippen molar-refractivity contribution in [2.24, 2.45) is 0 Å². The van der Waals surface area contributed by atoms with Crippen LogP contribution in [-0.4, -0.2) is 24.7 Å². The summed E-state index contributed by atoms with van der Waals surface area (Å²) in [6, 6.07) is 9.18. The normalized spacial score (nSPS) is 13.3. The number of nitrogens with zero attached hydrogens (tertiary/aromatic N) is 2. The number of thiophene rings is 1. The summed E-state index contributed by atoms with van der Waals surface area (Å²) in [5, 5.41) is 4.61. The minimum absolute atomic E-state index is 0.228. The molecule has 1 aliphatic heterocycles. The number of anilines is 2. The molecule has 0 saturated heterocycles. The second kappa shape index (κ2) is 7.40. The van der Waals surface area contributed by atoms with Crippen LogP contribution in [0.3, 0.4) is 0 Å². The van der Waals surface area contributed by atoms with Gasteiger partial charge >= 0.3 is 12.2 Å². The zero-order valence-corrected chi connectivity index (χ0v) is 16.1. The van der Waals surface area contributed by atoms with Gasteiger partial charge < -0.3 is 4.74 Å². The number of carbonyl (C=O) groups excluding carboxylic acids is 1. The maximum atomic E-state index is 13.3. The topological polar surface area (TPSA) is 54.5 Å². The average molecular weight is 419 g/mol. The van der Waals surface area contributed by atoms with E-state index in [0.29, 0.717) is 17.8 Å². The van der Waals surface area contributed by atoms with Gasteiger partial charge in [0.15, 0.2) is 0 Å². The van der Waals surface area contributed by atoms with Gasteiger partial charge in [-0.3, -0.25) is 10.2 Å². The Morgan fingerprint density at radius 2 is 2.10 bits per heavy atom. The predicted molar refractivity (Wildman–Crippen MR) is 106 cm³/mol. The molecule has 3 heterocycles. The molecule has 0 bridgehead atoms. The van der Waals surface area contributed by atoms with Crippen molar-refractivity contribution >= 4 is 28.9 Å². The van der Waals surface area contributed by atoms with Gasteiger partial charge in [-0.25, -0.2) is 9.78 Å². The molecule has 150 valence electrons. The molecule has 29 heavy (non-hydrogen) atoms. The van der Waals surface area contributed by atoms with Crippen LogP contribution < -0.4 is 15.0 Å². The molecule has 3 aromatic rings. The van der Waals surface area contributed by atoms with Crippen molar-refractivity contribution in [3.8, 4) is 16.2 Å². The van der Waals surface area contributed by atoms with Crippen LogP contribution >= 0.6 is 11.3 Å². The first-order chi connectivity index (χ1) is 13.9. The van der Waals surface area contributed by atoms with Crippen LogP contribution in [0.15, 0.2) is 48.0 Å². The van der Waals surface area contributed by atoms with Crippen molar-refractivity contribution in [3.63, 3.8) is 0 Å². The third-order valence-corrected chi connectivity index (χ3v) is 5.57. The monoisotopic (exact) mass is 419 g/mol. The van der Waals surface area contributed by atoms with Crippen molar-refractivity contribution in [1.82, 2.24) is 4.98 Å². The Labute approximate surface area is 168 Å². The summed E-state index contributed by atoms with van der Waals surface area (Å²) in [7, 11) is 1.20. The Balaban J connectivity index is 1.55. The molecular weight excluding hydrogens is 403 g/mol. The Morgan fingerprint density at radius 3 is 2.72 bits per heavy atom. The summed E-state index contributed by atoms with van der Waals surface area (Å²) in [6.07, 6.45) is -2.49. The van der Waals surface area contributed by atoms with Gasteiger partial charge in [-0.15, -0.1) is 11.3 Å². The van der Waals surface area contributed by atoms with Crippen LogP contribution in [0.4, 0.5) is 29.5 Å². The second-order valence-electron chi connectivity index (χ2n) is 6.42. The van der Waals surface area contributed by atoms with Gasteiger partial charge in [0.1, 0.15) is 11.6 Å². The number of alkyl halides is 3. The number of rotatable bonds is 3. The SMILES string of the molecule is COc1cc2c(cc1C(F)(F)F)N(C(=O)Nc1ccc(-c3cccs3)cn1)CC2. The Morgan fingerprint density at radius 1 is 1.28 bits per heavy atom. The highest BCUT2D eigenvalue weighted by molar-refractivity contribution is 7.13. The van der Waals surface area contributed by atoms with Crippen LogP contribution in [0.1, 0.15) is 11.1 Å². The highest BCUT2D eigenvalue weighted by Crippen LogP contribution is 2.42. The molecule has 2 amide bonds. The number of urea groups is 1. The number of halogens is 3. The number of pyridine rings is 1. The lowest BCUT2D eigenvalue weighted by Gasteiger charge is -2.20. The van der Waals surface area contributed by atoms with E-state index in [9.17, 15) is 18.0 Å². The maximum absolute atomic E-state index is 13.3. The van der Waals surface area contributed by atoms with Gasteiger partial charge in [0.05, 0.1) is 12.7 Å². The smallest absolute Gasteiger partial charge is 0.420 e. The number of benzene rings is 1. The molecule has 0 fully saturated rings. The molecule has 1 aromatic carbocycles. The standard InChI is InChI=1S/C20H16F3N3O2S/c1-28-16-9-12-6-7-26(15(12)10-14(16)20(21,22)23)19(27)25-18-5-4-13(11-24-18)17-3-2-8-29-17/h2-5,8-11H,6-7H2,1H3,(H,24,25,27). The fraction of sp³-hybridized carbons (Fsp3) is 0.200. The number of ether oxygens (including phenoxy) is 1. The summed E-state index contributed by atoms with van der Waals surface area (Å²) < 4.78 is 44.9. The first kappa shape index (κ1) is 19.3. The summed E-state index contributed by atoms with van der Waals surface area (Å²) in [5.41, 5.74) is 0.875. The number of fused-ring (bicyclic) bond motifs is 1. The first-order valence-electron chi connectivity index (χ1n) is 8.73. The number of hydrogen-bond acceptors (Lipinski definition) is 4. The van der Waals surface area contributed by atoms with Crippen molar-refractivity contribution in [2.45, 2.75) is 12.6 Å². The number of amides is 2. The van der Waals surface area contributed by atoms with Gasteiger partial charge in [0.25, 0.3) is 0 Å². The Kier molecular flexibility index (Phi) is 4.91. The van der Waals surface area contributed by atoms with Crippen molar-refractivity contribution in [2.75, 3.05) is 23.9 Å². The van der Waals surface area contributed by atoms with Crippen molar-refractivity contribution in [3.05, 3.63) is 59.1 Å². The van der Waals surface area contributed by atoms with E-state index in [1.165, 1.54) is 18.1 Å². The quantitative estimate of drug-likeness (QED) is 0.616. The molecule has 0 atom stereocenters. The van der Waals surface area contributed by atoms with Crippen LogP contribution in [0, 0.1) is 0 Å². The summed E-state index contributed by atoms with van der Waals surface area (Å²) in [6.45, 7) is 0.277. The minimum atomic E-state index is -4.58. The molecule has 5 nitrogen and oxygen atoms in total. The first-order valence-corrected chi connectivity index (χ1v) is 9.61. The van der Waals surface area contributed by atoms with Crippen LogP contribution in [0.25, 0.3) is 10.4 Å². The van der Waals surface area contributed by atoms with E-state index < -0.39 is 17.8 Å². The Hall–Kier alpha value is -3.07. The molecule has 2 aromatic heterocycles. The zero-order chi connectivity index (χ0) is 20.6. The zero-order valence-electron chi connectivity index (χ0n) is 15.3. The summed E-state index contributed by atoms with van der Waals surface area (Å²) >= 11 is 1.58. The second-order valence-corrected chi connectivity index (χ2v) is 7.37. The van der Waals surface area contributed by atoms with Gasteiger partial charge in [-0.1, -0.05) is 6.07 Å². The van der Waals surface area contributed by atoms with E-state index >= 15 is 0 Å². The molecule has 9 heteroatoms. The van der Waals surface area contributed by atoms with E-state index in [-0.39, 0.29) is 18.0 Å². The van der Waals surface area contributed by atoms with Crippen LogP contribution in [0.5, 0.6) is 5.75 Å². The molecule has 0 unspecified atom stereocenters. The molecule has 0 aliphatic carbocycles. The molecule has 1 N–H and O–H groups in total. The fourth-order valence-corrected chi connectivity index (χ4v) is 3.97. The third-order valence-electron chi connectivity index (χ3n) is 4.65. The lowest BCUT2D eigenvalue weighted by Crippen LogP contribution is -2.33. The van der Waals surface area contributed by atoms with Gasteiger partial charge in [-0.2, -0.15) is 13.2 Å². The number of aromatic nitrogens is 1. The minimum Gasteiger partial charge on any atom is -0.496 e. The largest absolute Gasteiger partial charge is 0.496 e. The average Bonchev–Trinajstić information content (AvgIpc) is 3.36. The van der Waals surface area contributed by atoms with E-state index in [0.717, 1.165) is 16.5 Å². The predicted octanol–water partition coefficient (Wildman–Crippen LogP) is 5.43. The van der Waals surface area contributed by atoms with E-state index in [4.69, 9.17) is 4.74 Å². The lowest BCUT2D eigenvalue weighted by atomic mass is 10.1. The third kappa shape index (κ3) is 3.77. The Bertz CT molecular complexity index is 1030.